The van der Waals surface area contributed by atoms with E-state index in [-0.39, 0.29) is 11.8 Å². The zero-order chi connectivity index (χ0) is 19.4. The maximum absolute atomic E-state index is 12.7. The number of carbonyl (C=O) groups excluding carboxylic acids is 1. The van der Waals surface area contributed by atoms with E-state index in [4.69, 9.17) is 4.74 Å². The van der Waals surface area contributed by atoms with Crippen molar-refractivity contribution < 1.29 is 17.9 Å². The van der Waals surface area contributed by atoms with E-state index in [1.54, 1.807) is 19.2 Å². The third-order valence-electron chi connectivity index (χ3n) is 4.61. The van der Waals surface area contributed by atoms with Crippen molar-refractivity contribution in [1.82, 2.24) is 9.62 Å². The summed E-state index contributed by atoms with van der Waals surface area (Å²) in [5, 5.41) is 2.94. The van der Waals surface area contributed by atoms with E-state index >= 15 is 0 Å². The second kappa shape index (κ2) is 8.72. The molecule has 3 rings (SSSR count). The molecule has 146 valence electrons. The van der Waals surface area contributed by atoms with Crippen molar-refractivity contribution in [1.29, 1.82) is 0 Å². The summed E-state index contributed by atoms with van der Waals surface area (Å²) < 4.78 is 33.2. The highest BCUT2D eigenvalue weighted by Gasteiger charge is 2.32. The molecule has 6 nitrogen and oxygen atoms in total. The van der Waals surface area contributed by atoms with Crippen LogP contribution in [0.2, 0.25) is 0 Å². The maximum Gasteiger partial charge on any atom is 0.252 e. The van der Waals surface area contributed by atoms with Crippen LogP contribution in [0.4, 0.5) is 0 Å². The fraction of sp³-hybridized carbons (Fsp3) is 0.389. The zero-order valence-corrected chi connectivity index (χ0v) is 18.1. The number of sulfonamides is 1. The molecule has 1 fully saturated rings. The molecule has 1 N–H and O–H groups in total. The summed E-state index contributed by atoms with van der Waals surface area (Å²) in [5.74, 6) is 0.513. The lowest BCUT2D eigenvalue weighted by Crippen LogP contribution is -2.42. The molecule has 1 amide bonds. The molecule has 0 radical (unpaired) electrons. The Balaban J connectivity index is 1.55. The van der Waals surface area contributed by atoms with Crippen molar-refractivity contribution >= 4 is 43.2 Å². The predicted molar refractivity (Wildman–Crippen MR) is 108 cm³/mol. The number of hydrogen-bond donors (Lipinski definition) is 1. The van der Waals surface area contributed by atoms with Gasteiger partial charge in [0.1, 0.15) is 9.96 Å². The maximum atomic E-state index is 12.7. The van der Waals surface area contributed by atoms with Crippen LogP contribution in [0.3, 0.4) is 0 Å². The molecular formula is C18H21BrN2O4S2. The van der Waals surface area contributed by atoms with Crippen LogP contribution in [0.1, 0.15) is 18.4 Å². The number of nitrogens with one attached hydrogen (secondary N) is 1. The summed E-state index contributed by atoms with van der Waals surface area (Å²) in [4.78, 5) is 12.5. The smallest absolute Gasteiger partial charge is 0.252 e. The zero-order valence-electron chi connectivity index (χ0n) is 14.9. The minimum absolute atomic E-state index is 0.0446. The Labute approximate surface area is 171 Å². The van der Waals surface area contributed by atoms with Crippen LogP contribution in [-0.4, -0.2) is 38.8 Å². The van der Waals surface area contributed by atoms with Gasteiger partial charge in [-0.25, -0.2) is 8.42 Å². The second-order valence-electron chi connectivity index (χ2n) is 6.27. The normalized spacial score (nSPS) is 16.2. The first kappa shape index (κ1) is 20.3. The molecule has 1 aliphatic rings. The van der Waals surface area contributed by atoms with Gasteiger partial charge in [-0.2, -0.15) is 4.31 Å². The van der Waals surface area contributed by atoms with E-state index in [9.17, 15) is 13.2 Å². The molecule has 1 aromatic heterocycles. The third kappa shape index (κ3) is 4.71. The Morgan fingerprint density at radius 1 is 1.26 bits per heavy atom. The predicted octanol–water partition coefficient (Wildman–Crippen LogP) is 3.24. The van der Waals surface area contributed by atoms with Crippen molar-refractivity contribution in [3.05, 3.63) is 45.7 Å². The monoisotopic (exact) mass is 472 g/mol. The number of benzene rings is 1. The van der Waals surface area contributed by atoms with E-state index < -0.39 is 10.0 Å². The summed E-state index contributed by atoms with van der Waals surface area (Å²) in [6, 6.07) is 10.9. The summed E-state index contributed by atoms with van der Waals surface area (Å²) >= 11 is 4.50. The number of thiophene rings is 1. The SMILES string of the molecule is COc1ccccc1CNC(=O)C1CCN(S(=O)(=O)c2ccc(Br)s2)CC1. The van der Waals surface area contributed by atoms with Gasteiger partial charge in [-0.3, -0.25) is 4.79 Å². The first-order valence-electron chi connectivity index (χ1n) is 8.57. The van der Waals surface area contributed by atoms with Crippen molar-refractivity contribution in [2.75, 3.05) is 20.2 Å². The lowest BCUT2D eigenvalue weighted by molar-refractivity contribution is -0.126. The van der Waals surface area contributed by atoms with Gasteiger partial charge < -0.3 is 10.1 Å². The number of hydrogen-bond acceptors (Lipinski definition) is 5. The van der Waals surface area contributed by atoms with Crippen molar-refractivity contribution in [2.45, 2.75) is 23.6 Å². The Hall–Kier alpha value is -1.42. The fourth-order valence-corrected chi connectivity index (χ4v) is 6.73. The van der Waals surface area contributed by atoms with Gasteiger partial charge in [-0.15, -0.1) is 11.3 Å². The van der Waals surface area contributed by atoms with Crippen LogP contribution >= 0.6 is 27.3 Å². The Bertz CT molecular complexity index is 906. The van der Waals surface area contributed by atoms with Crippen LogP contribution in [0.15, 0.2) is 44.4 Å². The van der Waals surface area contributed by atoms with Crippen molar-refractivity contribution in [3.8, 4) is 5.75 Å². The molecule has 2 heterocycles. The van der Waals surface area contributed by atoms with E-state index in [0.29, 0.717) is 36.7 Å². The molecule has 9 heteroatoms. The van der Waals surface area contributed by atoms with Gasteiger partial charge >= 0.3 is 0 Å². The Kier molecular flexibility index (Phi) is 6.56. The lowest BCUT2D eigenvalue weighted by Gasteiger charge is -2.30. The number of amides is 1. The average Bonchev–Trinajstić information content (AvgIpc) is 3.13. The standard InChI is InChI=1S/C18H21BrN2O4S2/c1-25-15-5-3-2-4-14(15)12-20-18(22)13-8-10-21(11-9-13)27(23,24)17-7-6-16(19)26-17/h2-7,13H,8-12H2,1H3,(H,20,22). The molecule has 1 aromatic carbocycles. The van der Waals surface area contributed by atoms with E-state index in [1.165, 1.54) is 15.6 Å². The van der Waals surface area contributed by atoms with E-state index in [0.717, 1.165) is 15.1 Å². The molecule has 0 aliphatic carbocycles. The summed E-state index contributed by atoms with van der Waals surface area (Å²) in [7, 11) is -1.88. The number of halogens is 1. The van der Waals surface area contributed by atoms with Gasteiger partial charge in [0.05, 0.1) is 10.9 Å². The molecule has 1 aliphatic heterocycles. The number of ether oxygens (including phenoxy) is 1. The van der Waals surface area contributed by atoms with Gasteiger partial charge in [-0.1, -0.05) is 18.2 Å². The topological polar surface area (TPSA) is 75.7 Å². The van der Waals surface area contributed by atoms with E-state index in [2.05, 4.69) is 21.2 Å². The molecular weight excluding hydrogens is 452 g/mol. The van der Waals surface area contributed by atoms with Crippen LogP contribution in [0.25, 0.3) is 0 Å². The fourth-order valence-electron chi connectivity index (χ4n) is 3.10. The molecule has 1 saturated heterocycles. The Morgan fingerprint density at radius 3 is 2.59 bits per heavy atom. The lowest BCUT2D eigenvalue weighted by atomic mass is 9.97. The van der Waals surface area contributed by atoms with Crippen LogP contribution in [0, 0.1) is 5.92 Å². The third-order valence-corrected chi connectivity index (χ3v) is 8.60. The van der Waals surface area contributed by atoms with Crippen molar-refractivity contribution in [3.63, 3.8) is 0 Å². The average molecular weight is 473 g/mol. The van der Waals surface area contributed by atoms with Crippen LogP contribution in [0.5, 0.6) is 5.75 Å². The number of rotatable bonds is 6. The molecule has 0 atom stereocenters. The summed E-state index contributed by atoms with van der Waals surface area (Å²) in [6.45, 7) is 1.10. The van der Waals surface area contributed by atoms with Gasteiger partial charge in [0.2, 0.25) is 5.91 Å². The highest BCUT2D eigenvalue weighted by molar-refractivity contribution is 9.11. The minimum Gasteiger partial charge on any atom is -0.496 e. The molecule has 0 saturated carbocycles. The molecule has 0 unspecified atom stereocenters. The molecule has 0 bridgehead atoms. The molecule has 27 heavy (non-hydrogen) atoms. The molecule has 2 aromatic rings. The highest BCUT2D eigenvalue weighted by atomic mass is 79.9. The number of carbonyl (C=O) groups is 1. The van der Waals surface area contributed by atoms with Gasteiger partial charge in [0.25, 0.3) is 10.0 Å². The first-order valence-corrected chi connectivity index (χ1v) is 11.6. The number of piperidine rings is 1. The van der Waals surface area contributed by atoms with Crippen LogP contribution in [-0.2, 0) is 21.4 Å². The van der Waals surface area contributed by atoms with Crippen molar-refractivity contribution in [2.24, 2.45) is 5.92 Å². The minimum atomic E-state index is -3.48. The summed E-state index contributed by atoms with van der Waals surface area (Å²) in [5.41, 5.74) is 0.914. The van der Waals surface area contributed by atoms with Gasteiger partial charge in [-0.05, 0) is 47.0 Å². The Morgan fingerprint density at radius 2 is 1.96 bits per heavy atom. The van der Waals surface area contributed by atoms with E-state index in [1.807, 2.05) is 24.3 Å². The number of methoxy groups -OCH3 is 1. The largest absolute Gasteiger partial charge is 0.496 e. The number of para-hydroxylation sites is 1. The molecule has 0 spiro atoms. The van der Waals surface area contributed by atoms with Gasteiger partial charge in [0.15, 0.2) is 0 Å². The highest BCUT2D eigenvalue weighted by Crippen LogP contribution is 2.30. The summed E-state index contributed by atoms with van der Waals surface area (Å²) in [6.07, 6.45) is 1.03. The first-order chi connectivity index (χ1) is 12.9. The number of nitrogens with zero attached hydrogens (tertiary/aromatic N) is 1. The van der Waals surface area contributed by atoms with Gasteiger partial charge in [0, 0.05) is 31.1 Å². The second-order valence-corrected chi connectivity index (χ2v) is 10.9. The van der Waals surface area contributed by atoms with Crippen LogP contribution < -0.4 is 10.1 Å². The quantitative estimate of drug-likeness (QED) is 0.699.